The maximum atomic E-state index is 15.7. The third-order valence-electron chi connectivity index (χ3n) is 6.61. The number of amidine groups is 1. The molecule has 4 rings (SSSR count). The van der Waals surface area contributed by atoms with E-state index in [1.165, 1.54) is 23.3 Å². The van der Waals surface area contributed by atoms with Crippen molar-refractivity contribution in [2.24, 2.45) is 4.99 Å². The molecule has 13 heteroatoms. The summed E-state index contributed by atoms with van der Waals surface area (Å²) in [6.45, 7) is 3.99. The van der Waals surface area contributed by atoms with Crippen molar-refractivity contribution < 1.29 is 28.0 Å². The van der Waals surface area contributed by atoms with Gasteiger partial charge in [0.25, 0.3) is 0 Å². The zero-order chi connectivity index (χ0) is 30.4. The van der Waals surface area contributed by atoms with Crippen LogP contribution in [0.4, 0.5) is 20.3 Å². The largest absolute Gasteiger partial charge is 0.612 e. The van der Waals surface area contributed by atoms with Crippen molar-refractivity contribution in [3.05, 3.63) is 78.4 Å². The number of hydrogen-bond donors (Lipinski definition) is 2. The number of benzene rings is 2. The summed E-state index contributed by atoms with van der Waals surface area (Å²) in [6, 6.07) is 12.6. The van der Waals surface area contributed by atoms with Gasteiger partial charge < -0.3 is 24.8 Å². The number of para-hydroxylation sites is 1. The van der Waals surface area contributed by atoms with Crippen molar-refractivity contribution >= 4 is 40.8 Å². The van der Waals surface area contributed by atoms with Gasteiger partial charge >= 0.3 is 0 Å². The molecule has 1 aliphatic rings. The van der Waals surface area contributed by atoms with E-state index in [1.54, 1.807) is 29.2 Å². The highest BCUT2D eigenvalue weighted by molar-refractivity contribution is 7.90. The van der Waals surface area contributed by atoms with Gasteiger partial charge in [-0.05, 0) is 47.6 Å². The number of halogens is 2. The maximum Gasteiger partial charge on any atom is 0.246 e. The minimum Gasteiger partial charge on any atom is -0.612 e. The second kappa shape index (κ2) is 13.2. The number of nitrogens with zero attached hydrogens (tertiary/aromatic N) is 5. The second-order valence-electron chi connectivity index (χ2n) is 9.17. The fourth-order valence-corrected chi connectivity index (χ4v) is 5.37. The molecule has 0 aliphatic carbocycles. The lowest BCUT2D eigenvalue weighted by Crippen LogP contribution is -2.56. The van der Waals surface area contributed by atoms with Crippen LogP contribution in [-0.4, -0.2) is 74.5 Å². The van der Waals surface area contributed by atoms with Crippen LogP contribution in [0.15, 0.2) is 71.1 Å². The number of hydrogen-bond acceptors (Lipinski definition) is 7. The van der Waals surface area contributed by atoms with Crippen LogP contribution in [0, 0.1) is 23.0 Å². The van der Waals surface area contributed by atoms with Crippen LogP contribution in [0.1, 0.15) is 12.0 Å². The van der Waals surface area contributed by atoms with Gasteiger partial charge in [0.05, 0.1) is 29.7 Å². The first-order chi connectivity index (χ1) is 20.2. The van der Waals surface area contributed by atoms with Crippen LogP contribution in [0.3, 0.4) is 0 Å². The number of aliphatic imine (C=N–C) groups is 1. The number of anilines is 1. The van der Waals surface area contributed by atoms with Gasteiger partial charge in [-0.3, -0.25) is 9.59 Å². The Bertz CT molecular complexity index is 1570. The third-order valence-corrected chi connectivity index (χ3v) is 7.57. The zero-order valence-corrected chi connectivity index (χ0v) is 23.3. The first-order valence-corrected chi connectivity index (χ1v) is 14.2. The Kier molecular flexibility index (Phi) is 9.51. The summed E-state index contributed by atoms with van der Waals surface area (Å²) in [5.41, 5.74) is -0.749. The summed E-state index contributed by atoms with van der Waals surface area (Å²) >= 11 is -1.45. The number of amides is 2. The second-order valence-corrected chi connectivity index (χ2v) is 10.5. The Balaban J connectivity index is 1.94. The molecule has 1 aliphatic heterocycles. The molecule has 2 unspecified atom stereocenters. The van der Waals surface area contributed by atoms with E-state index in [1.807, 2.05) is 0 Å². The Morgan fingerprint density at radius 2 is 2.05 bits per heavy atom. The van der Waals surface area contributed by atoms with Gasteiger partial charge in [0, 0.05) is 19.6 Å². The van der Waals surface area contributed by atoms with Gasteiger partial charge in [-0.2, -0.15) is 5.26 Å². The Labute approximate surface area is 243 Å². The molecule has 42 heavy (non-hydrogen) atoms. The van der Waals surface area contributed by atoms with Gasteiger partial charge in [-0.15, -0.1) is 0 Å². The lowest BCUT2D eigenvalue weighted by molar-refractivity contribution is -0.130. The van der Waals surface area contributed by atoms with Crippen LogP contribution in [-0.2, 0) is 20.8 Å². The average Bonchev–Trinajstić information content (AvgIpc) is 2.97. The molecule has 0 saturated carbocycles. The fourth-order valence-electron chi connectivity index (χ4n) is 4.69. The van der Waals surface area contributed by atoms with Crippen molar-refractivity contribution in [1.29, 1.82) is 5.26 Å². The number of carbonyl (C=O) groups excluding carboxylic acids is 2. The molecule has 1 aromatic heterocycles. The highest BCUT2D eigenvalue weighted by Gasteiger charge is 2.33. The number of aromatic hydroxyl groups is 1. The van der Waals surface area contributed by atoms with Gasteiger partial charge in [0.1, 0.15) is 40.9 Å². The average molecular weight is 593 g/mol. The topological polar surface area (TPSA) is 145 Å². The number of nitrogens with one attached hydrogen (secondary N) is 1. The van der Waals surface area contributed by atoms with E-state index in [2.05, 4.69) is 22.9 Å². The van der Waals surface area contributed by atoms with E-state index in [4.69, 9.17) is 4.99 Å². The summed E-state index contributed by atoms with van der Waals surface area (Å²) in [5, 5.41) is 22.1. The molecule has 2 atom stereocenters. The molecule has 1 fully saturated rings. The van der Waals surface area contributed by atoms with Crippen molar-refractivity contribution in [1.82, 2.24) is 14.8 Å². The molecule has 3 aromatic rings. The lowest BCUT2D eigenvalue weighted by atomic mass is 10.0. The number of piperazine rings is 1. The van der Waals surface area contributed by atoms with Crippen LogP contribution in [0.25, 0.3) is 11.3 Å². The number of phenols is 1. The SMILES string of the molecule is C=CC(=O)N1CCN(/C(=N/c2ccccc2[S+](C)[O-])c2cc(F)c(-c3c(O)cccc3F)nc2NC=O)CC1CC#N. The van der Waals surface area contributed by atoms with Crippen molar-refractivity contribution in [3.8, 4) is 23.1 Å². The van der Waals surface area contributed by atoms with Crippen molar-refractivity contribution in [2.75, 3.05) is 31.2 Å². The number of rotatable bonds is 8. The van der Waals surface area contributed by atoms with Gasteiger partial charge in [0.2, 0.25) is 12.3 Å². The van der Waals surface area contributed by atoms with E-state index in [-0.39, 0.29) is 49.2 Å². The summed E-state index contributed by atoms with van der Waals surface area (Å²) < 4.78 is 42.9. The molecular formula is C29H26F2N6O4S. The highest BCUT2D eigenvalue weighted by atomic mass is 32.2. The molecule has 0 spiro atoms. The predicted molar refractivity (Wildman–Crippen MR) is 153 cm³/mol. The van der Waals surface area contributed by atoms with E-state index in [9.17, 15) is 28.9 Å². The molecular weight excluding hydrogens is 566 g/mol. The predicted octanol–water partition coefficient (Wildman–Crippen LogP) is 3.73. The Hall–Kier alpha value is -4.80. The van der Waals surface area contributed by atoms with Crippen LogP contribution >= 0.6 is 0 Å². The minimum absolute atomic E-state index is 0.00456. The van der Waals surface area contributed by atoms with E-state index >= 15 is 4.39 Å². The molecule has 2 amide bonds. The first-order valence-electron chi connectivity index (χ1n) is 12.6. The third kappa shape index (κ3) is 6.24. The number of nitriles is 1. The number of pyridine rings is 1. The normalized spacial score (nSPS) is 16.0. The van der Waals surface area contributed by atoms with E-state index in [0.717, 1.165) is 18.2 Å². The maximum absolute atomic E-state index is 15.7. The van der Waals surface area contributed by atoms with E-state index in [0.29, 0.717) is 17.0 Å². The van der Waals surface area contributed by atoms with Crippen LogP contribution in [0.2, 0.25) is 0 Å². The van der Waals surface area contributed by atoms with Crippen LogP contribution < -0.4 is 5.32 Å². The van der Waals surface area contributed by atoms with Gasteiger partial charge in [-0.1, -0.05) is 24.8 Å². The lowest BCUT2D eigenvalue weighted by Gasteiger charge is -2.41. The fraction of sp³-hybridized carbons (Fsp3) is 0.207. The number of carbonyl (C=O) groups is 2. The van der Waals surface area contributed by atoms with Gasteiger partial charge in [-0.25, -0.2) is 18.8 Å². The molecule has 10 nitrogen and oxygen atoms in total. The zero-order valence-electron chi connectivity index (χ0n) is 22.5. The van der Waals surface area contributed by atoms with Crippen LogP contribution in [0.5, 0.6) is 5.75 Å². The molecule has 0 bridgehead atoms. The summed E-state index contributed by atoms with van der Waals surface area (Å²) in [4.78, 5) is 36.6. The van der Waals surface area contributed by atoms with E-state index < -0.39 is 45.9 Å². The van der Waals surface area contributed by atoms with Crippen molar-refractivity contribution in [3.63, 3.8) is 0 Å². The number of aromatic nitrogens is 1. The monoisotopic (exact) mass is 592 g/mol. The first kappa shape index (κ1) is 30.2. The smallest absolute Gasteiger partial charge is 0.246 e. The molecule has 2 heterocycles. The Morgan fingerprint density at radius 1 is 1.29 bits per heavy atom. The summed E-state index contributed by atoms with van der Waals surface area (Å²) in [5.74, 6) is -2.95. The van der Waals surface area contributed by atoms with Gasteiger partial charge in [0.15, 0.2) is 10.7 Å². The highest BCUT2D eigenvalue weighted by Crippen LogP contribution is 2.35. The standard InChI is InChI=1S/C29H26F2N6O4S/c1-3-25(40)37-14-13-36(16-18(37)11-12-32)29(34-22-8-4-5-10-24(22)42(2)41)19-15-21(31)27(35-28(19)33-17-38)26-20(30)7-6-9-23(26)39/h3-10,15,17-18,39H,1,11,13-14,16H2,2H3,(H,33,35,38)/b34-29+. The Morgan fingerprint density at radius 3 is 2.71 bits per heavy atom. The van der Waals surface area contributed by atoms with Crippen molar-refractivity contribution in [2.45, 2.75) is 17.4 Å². The summed E-state index contributed by atoms with van der Waals surface area (Å²) in [7, 11) is 0. The molecule has 0 radical (unpaired) electrons. The summed E-state index contributed by atoms with van der Waals surface area (Å²) in [6.07, 6.45) is 2.92. The molecule has 2 aromatic carbocycles. The number of phenolic OH excluding ortho intramolecular Hbond substituents is 1. The minimum atomic E-state index is -1.45. The molecule has 2 N–H and O–H groups in total. The molecule has 216 valence electrons. The molecule has 1 saturated heterocycles. The quantitative estimate of drug-likeness (QED) is 0.133.